The van der Waals surface area contributed by atoms with E-state index in [-0.39, 0.29) is 16.4 Å². The Hall–Kier alpha value is -4.05. The zero-order valence-corrected chi connectivity index (χ0v) is 17.6. The van der Waals surface area contributed by atoms with Crippen LogP contribution in [0.3, 0.4) is 0 Å². The predicted octanol–water partition coefficient (Wildman–Crippen LogP) is 6.47. The monoisotopic (exact) mass is 421 g/mol. The van der Waals surface area contributed by atoms with E-state index in [2.05, 4.69) is 0 Å². The number of hydrogen-bond donors (Lipinski definition) is 0. The van der Waals surface area contributed by atoms with Crippen molar-refractivity contribution in [2.45, 2.75) is 19.3 Å². The first-order valence-corrected chi connectivity index (χ1v) is 10.6. The number of carbonyl (C=O) groups is 1. The Morgan fingerprint density at radius 1 is 0.688 bits per heavy atom. The molecule has 0 bridgehead atoms. The summed E-state index contributed by atoms with van der Waals surface area (Å²) in [6, 6.07) is 32.3. The largest absolute Gasteiger partial charge is 0.294 e. The van der Waals surface area contributed by atoms with Gasteiger partial charge in [0.2, 0.25) is 0 Å². The van der Waals surface area contributed by atoms with Crippen molar-refractivity contribution >= 4 is 11.5 Å². The molecule has 0 aromatic heterocycles. The highest BCUT2D eigenvalue weighted by Crippen LogP contribution is 2.28. The van der Waals surface area contributed by atoms with Gasteiger partial charge in [-0.3, -0.25) is 14.9 Å². The Morgan fingerprint density at radius 3 is 2.03 bits per heavy atom. The maximum atomic E-state index is 12.8. The second kappa shape index (κ2) is 9.84. The molecule has 4 aromatic rings. The van der Waals surface area contributed by atoms with E-state index in [9.17, 15) is 14.9 Å². The fraction of sp³-hybridized carbons (Fsp3) is 0.107. The number of nitrogens with zero attached hydrogens (tertiary/aromatic N) is 1. The van der Waals surface area contributed by atoms with Crippen molar-refractivity contribution in [3.8, 4) is 11.1 Å². The van der Waals surface area contributed by atoms with Gasteiger partial charge in [-0.05, 0) is 53.3 Å². The summed E-state index contributed by atoms with van der Waals surface area (Å²) in [5.41, 5.74) is 5.31. The summed E-state index contributed by atoms with van der Waals surface area (Å²) in [5.74, 6) is 0.0456. The number of ketones is 1. The van der Waals surface area contributed by atoms with Crippen molar-refractivity contribution in [1.29, 1.82) is 0 Å². The molecule has 4 aromatic carbocycles. The number of nitro groups is 1. The molecule has 0 aliphatic heterocycles. The van der Waals surface area contributed by atoms with Crippen LogP contribution >= 0.6 is 0 Å². The van der Waals surface area contributed by atoms with Crippen LogP contribution in [-0.4, -0.2) is 10.7 Å². The summed E-state index contributed by atoms with van der Waals surface area (Å²) in [7, 11) is 0. The second-order valence-corrected chi connectivity index (χ2v) is 7.75. The third-order valence-electron chi connectivity index (χ3n) is 5.53. The average Bonchev–Trinajstić information content (AvgIpc) is 2.84. The summed E-state index contributed by atoms with van der Waals surface area (Å²) in [4.78, 5) is 24.0. The molecule has 0 atom stereocenters. The maximum absolute atomic E-state index is 12.8. The number of benzene rings is 4. The zero-order valence-electron chi connectivity index (χ0n) is 17.6. The van der Waals surface area contributed by atoms with Gasteiger partial charge in [0.1, 0.15) is 0 Å². The molecule has 0 aliphatic carbocycles. The molecule has 0 saturated heterocycles. The second-order valence-electron chi connectivity index (χ2n) is 7.75. The smallest absolute Gasteiger partial charge is 0.272 e. The Kier molecular flexibility index (Phi) is 6.52. The van der Waals surface area contributed by atoms with Crippen LogP contribution in [0.4, 0.5) is 5.69 Å². The van der Waals surface area contributed by atoms with Crippen LogP contribution in [0.25, 0.3) is 11.1 Å². The highest BCUT2D eigenvalue weighted by molar-refractivity contribution is 5.98. The quantitative estimate of drug-likeness (QED) is 0.186. The van der Waals surface area contributed by atoms with Crippen LogP contribution in [0.1, 0.15) is 27.0 Å². The van der Waals surface area contributed by atoms with Gasteiger partial charge in [-0.25, -0.2) is 0 Å². The Labute approximate surface area is 187 Å². The molecule has 158 valence electrons. The molecule has 0 N–H and O–H groups in total. The highest BCUT2D eigenvalue weighted by atomic mass is 16.6. The lowest BCUT2D eigenvalue weighted by atomic mass is 9.95. The molecule has 0 spiro atoms. The molecule has 0 saturated carbocycles. The lowest BCUT2D eigenvalue weighted by Crippen LogP contribution is -2.03. The van der Waals surface area contributed by atoms with Crippen LogP contribution in [-0.2, 0) is 19.3 Å². The first-order chi connectivity index (χ1) is 15.6. The minimum absolute atomic E-state index is 0.0456. The van der Waals surface area contributed by atoms with Crippen molar-refractivity contribution in [2.75, 3.05) is 0 Å². The van der Waals surface area contributed by atoms with E-state index < -0.39 is 0 Å². The van der Waals surface area contributed by atoms with E-state index in [4.69, 9.17) is 0 Å². The topological polar surface area (TPSA) is 60.2 Å². The molecule has 4 rings (SSSR count). The van der Waals surface area contributed by atoms with Crippen molar-refractivity contribution in [2.24, 2.45) is 0 Å². The third-order valence-corrected chi connectivity index (χ3v) is 5.53. The number of rotatable bonds is 8. The highest BCUT2D eigenvalue weighted by Gasteiger charge is 2.16. The van der Waals surface area contributed by atoms with E-state index >= 15 is 0 Å². The third kappa shape index (κ3) is 5.16. The van der Waals surface area contributed by atoms with Crippen LogP contribution in [0.2, 0.25) is 0 Å². The zero-order chi connectivity index (χ0) is 22.3. The molecule has 0 heterocycles. The molecule has 0 radical (unpaired) electrons. The van der Waals surface area contributed by atoms with Gasteiger partial charge in [0.15, 0.2) is 5.78 Å². The van der Waals surface area contributed by atoms with Crippen molar-refractivity contribution in [1.82, 2.24) is 0 Å². The standard InChI is InChI=1S/C28H23NO3/c30-28(18-22-10-5-2-6-11-22)26-13-7-12-23(20-26)24-16-17-27(29(31)32)25(19-24)15-14-21-8-3-1-4-9-21/h1-13,16-17,19-20H,14-15,18H2. The summed E-state index contributed by atoms with van der Waals surface area (Å²) in [6.07, 6.45) is 1.63. The lowest BCUT2D eigenvalue weighted by Gasteiger charge is -2.09. The summed E-state index contributed by atoms with van der Waals surface area (Å²) in [5, 5.41) is 11.6. The van der Waals surface area contributed by atoms with Gasteiger partial charge in [0.25, 0.3) is 5.69 Å². The number of nitro benzene ring substituents is 1. The van der Waals surface area contributed by atoms with Crippen molar-refractivity contribution < 1.29 is 9.72 Å². The Balaban J connectivity index is 1.59. The average molecular weight is 421 g/mol. The van der Waals surface area contributed by atoms with Crippen molar-refractivity contribution in [3.63, 3.8) is 0 Å². The predicted molar refractivity (Wildman–Crippen MR) is 127 cm³/mol. The van der Waals surface area contributed by atoms with Crippen LogP contribution in [0.15, 0.2) is 103 Å². The van der Waals surface area contributed by atoms with Gasteiger partial charge in [0.05, 0.1) is 4.92 Å². The van der Waals surface area contributed by atoms with Crippen LogP contribution < -0.4 is 0 Å². The number of carbonyl (C=O) groups excluding carboxylic acids is 1. The molecule has 0 amide bonds. The normalized spacial score (nSPS) is 10.6. The lowest BCUT2D eigenvalue weighted by molar-refractivity contribution is -0.385. The maximum Gasteiger partial charge on any atom is 0.272 e. The molecular weight excluding hydrogens is 398 g/mol. The first-order valence-electron chi connectivity index (χ1n) is 10.6. The number of Topliss-reactive ketones (excluding diaryl/α,β-unsaturated/α-hetero) is 1. The van der Waals surface area contributed by atoms with E-state index in [1.54, 1.807) is 12.1 Å². The minimum Gasteiger partial charge on any atom is -0.294 e. The molecule has 0 unspecified atom stereocenters. The first kappa shape index (κ1) is 21.2. The minimum atomic E-state index is -0.329. The molecule has 4 heteroatoms. The van der Waals surface area contributed by atoms with Gasteiger partial charge in [-0.15, -0.1) is 0 Å². The Morgan fingerprint density at radius 2 is 1.34 bits per heavy atom. The van der Waals surface area contributed by atoms with Crippen molar-refractivity contribution in [3.05, 3.63) is 135 Å². The molecule has 0 fully saturated rings. The molecule has 4 nitrogen and oxygen atoms in total. The fourth-order valence-electron chi connectivity index (χ4n) is 3.82. The summed E-state index contributed by atoms with van der Waals surface area (Å²) < 4.78 is 0. The van der Waals surface area contributed by atoms with Gasteiger partial charge < -0.3 is 0 Å². The van der Waals surface area contributed by atoms with Gasteiger partial charge >= 0.3 is 0 Å². The van der Waals surface area contributed by atoms with E-state index in [0.717, 1.165) is 28.7 Å². The molecule has 0 aliphatic rings. The fourth-order valence-corrected chi connectivity index (χ4v) is 3.82. The number of hydrogen-bond acceptors (Lipinski definition) is 3. The van der Waals surface area contributed by atoms with Gasteiger partial charge in [0, 0.05) is 23.6 Å². The van der Waals surface area contributed by atoms with Crippen LogP contribution in [0.5, 0.6) is 0 Å². The van der Waals surface area contributed by atoms with Crippen LogP contribution in [0, 0.1) is 10.1 Å². The SMILES string of the molecule is O=C(Cc1ccccc1)c1cccc(-c2ccc([N+](=O)[O-])c(CCc3ccccc3)c2)c1. The van der Waals surface area contributed by atoms with Gasteiger partial charge in [-0.1, -0.05) is 78.9 Å². The summed E-state index contributed by atoms with van der Waals surface area (Å²) >= 11 is 0. The van der Waals surface area contributed by atoms with E-state index in [1.165, 1.54) is 0 Å². The summed E-state index contributed by atoms with van der Waals surface area (Å²) in [6.45, 7) is 0. The molecular formula is C28H23NO3. The molecule has 32 heavy (non-hydrogen) atoms. The Bertz CT molecular complexity index is 1230. The van der Waals surface area contributed by atoms with E-state index in [1.807, 2.05) is 91.0 Å². The van der Waals surface area contributed by atoms with Gasteiger partial charge in [-0.2, -0.15) is 0 Å². The number of aryl methyl sites for hydroxylation is 2. The van der Waals surface area contributed by atoms with E-state index in [0.29, 0.717) is 24.0 Å².